The Morgan fingerprint density at radius 3 is 2.50 bits per heavy atom. The minimum atomic E-state index is -3.79. The van der Waals surface area contributed by atoms with E-state index in [9.17, 15) is 17.2 Å². The summed E-state index contributed by atoms with van der Waals surface area (Å²) in [5, 5.41) is 4.94. The molecule has 0 spiro atoms. The van der Waals surface area contributed by atoms with Crippen molar-refractivity contribution in [1.82, 2.24) is 0 Å². The highest BCUT2D eigenvalue weighted by atomic mass is 32.2. The number of benzene rings is 1. The Morgan fingerprint density at radius 2 is 2.06 bits per heavy atom. The van der Waals surface area contributed by atoms with Crippen molar-refractivity contribution in [1.29, 1.82) is 0 Å². The first-order valence-corrected chi connectivity index (χ1v) is 5.89. The molecule has 1 rings (SSSR count). The van der Waals surface area contributed by atoms with Crippen LogP contribution in [0, 0.1) is 6.92 Å². The molecule has 0 unspecified atom stereocenters. The molecule has 1 aromatic carbocycles. The molecule has 0 heterocycles. The summed E-state index contributed by atoms with van der Waals surface area (Å²) < 4.78 is 50.5. The van der Waals surface area contributed by atoms with Gasteiger partial charge in [-0.2, -0.15) is 0 Å². The molecule has 0 atom stereocenters. The lowest BCUT2D eigenvalue weighted by Gasteiger charge is -2.08. The lowest BCUT2D eigenvalue weighted by atomic mass is 10.2. The zero-order valence-electron chi connectivity index (χ0n) is 8.48. The molecular weight excluding hydrogens is 240 g/mol. The zero-order chi connectivity index (χ0) is 12.3. The average Bonchev–Trinajstić information content (AvgIpc) is 2.12. The van der Waals surface area contributed by atoms with Gasteiger partial charge < -0.3 is 4.74 Å². The van der Waals surface area contributed by atoms with Crippen LogP contribution in [-0.4, -0.2) is 21.5 Å². The molecule has 0 aliphatic heterocycles. The highest BCUT2D eigenvalue weighted by Gasteiger charge is 2.12. The van der Waals surface area contributed by atoms with Gasteiger partial charge in [0, 0.05) is 0 Å². The largest absolute Gasteiger partial charge is 0.488 e. The van der Waals surface area contributed by atoms with Crippen molar-refractivity contribution in [3.05, 3.63) is 23.8 Å². The van der Waals surface area contributed by atoms with E-state index >= 15 is 0 Å². The third-order valence-corrected chi connectivity index (χ3v) is 2.90. The fourth-order valence-electron chi connectivity index (χ4n) is 1.19. The molecule has 0 aromatic heterocycles. The summed E-state index contributed by atoms with van der Waals surface area (Å²) in [6.45, 7) is 0.781. The number of nitrogens with two attached hydrogens (primary N) is 1. The van der Waals surface area contributed by atoms with Gasteiger partial charge in [-0.05, 0) is 30.7 Å². The lowest BCUT2D eigenvalue weighted by molar-refractivity contribution is 0.0818. The Morgan fingerprint density at radius 1 is 1.44 bits per heavy atom. The third-order valence-electron chi connectivity index (χ3n) is 1.83. The van der Waals surface area contributed by atoms with E-state index in [0.717, 1.165) is 0 Å². The van der Waals surface area contributed by atoms with Crippen LogP contribution in [0.25, 0.3) is 0 Å². The van der Waals surface area contributed by atoms with E-state index in [0.29, 0.717) is 5.56 Å². The highest BCUT2D eigenvalue weighted by Crippen LogP contribution is 2.20. The summed E-state index contributed by atoms with van der Waals surface area (Å²) >= 11 is 0. The first-order valence-electron chi connectivity index (χ1n) is 4.35. The monoisotopic (exact) mass is 251 g/mol. The molecule has 0 radical (unpaired) electrons. The number of primary sulfonamides is 1. The molecule has 2 N–H and O–H groups in total. The van der Waals surface area contributed by atoms with Crippen LogP contribution in [0.2, 0.25) is 0 Å². The Balaban J connectivity index is 2.92. The normalized spacial score (nSPS) is 11.8. The van der Waals surface area contributed by atoms with E-state index in [-0.39, 0.29) is 10.6 Å². The Kier molecular flexibility index (Phi) is 3.82. The standard InChI is InChI=1S/C9H11F2NO3S/c1-6-4-7(15-5-9(10)11)2-3-8(6)16(12,13)14/h2-4,9H,5H2,1H3,(H2,12,13,14). The summed E-state index contributed by atoms with van der Waals surface area (Å²) in [5.74, 6) is 0.185. The molecule has 0 aliphatic rings. The van der Waals surface area contributed by atoms with Gasteiger partial charge in [0.15, 0.2) is 0 Å². The predicted molar refractivity (Wildman–Crippen MR) is 54.1 cm³/mol. The molecule has 4 nitrogen and oxygen atoms in total. The molecule has 90 valence electrons. The first kappa shape index (κ1) is 12.9. The van der Waals surface area contributed by atoms with E-state index < -0.39 is 23.1 Å². The van der Waals surface area contributed by atoms with Crippen LogP contribution in [0.15, 0.2) is 23.1 Å². The van der Waals surface area contributed by atoms with Crippen molar-refractivity contribution in [2.24, 2.45) is 5.14 Å². The summed E-state index contributed by atoms with van der Waals surface area (Å²) in [6, 6.07) is 3.86. The topological polar surface area (TPSA) is 69.4 Å². The Hall–Kier alpha value is -1.21. The molecule has 0 saturated carbocycles. The number of alkyl halides is 2. The number of aryl methyl sites for hydroxylation is 1. The second kappa shape index (κ2) is 4.75. The van der Waals surface area contributed by atoms with Gasteiger partial charge in [-0.25, -0.2) is 22.3 Å². The van der Waals surface area contributed by atoms with Crippen LogP contribution in [0.4, 0.5) is 8.78 Å². The van der Waals surface area contributed by atoms with Gasteiger partial charge in [0.2, 0.25) is 10.0 Å². The van der Waals surface area contributed by atoms with Gasteiger partial charge in [-0.15, -0.1) is 0 Å². The first-order chi connectivity index (χ1) is 7.30. The van der Waals surface area contributed by atoms with Crippen LogP contribution in [-0.2, 0) is 10.0 Å². The van der Waals surface area contributed by atoms with Gasteiger partial charge in [0.05, 0.1) is 4.90 Å². The summed E-state index contributed by atoms with van der Waals surface area (Å²) in [7, 11) is -3.79. The highest BCUT2D eigenvalue weighted by molar-refractivity contribution is 7.89. The summed E-state index contributed by atoms with van der Waals surface area (Å²) in [6.07, 6.45) is -2.57. The third kappa shape index (κ3) is 3.42. The maximum Gasteiger partial charge on any atom is 0.272 e. The van der Waals surface area contributed by atoms with Crippen LogP contribution in [0.1, 0.15) is 5.56 Å². The minimum absolute atomic E-state index is 0.0445. The fourth-order valence-corrected chi connectivity index (χ4v) is 1.96. The smallest absolute Gasteiger partial charge is 0.272 e. The van der Waals surface area contributed by atoms with Gasteiger partial charge in [-0.3, -0.25) is 0 Å². The van der Waals surface area contributed by atoms with Gasteiger partial charge in [0.25, 0.3) is 6.43 Å². The van der Waals surface area contributed by atoms with Crippen molar-refractivity contribution < 1.29 is 21.9 Å². The fraction of sp³-hybridized carbons (Fsp3) is 0.333. The van der Waals surface area contributed by atoms with Crippen LogP contribution >= 0.6 is 0 Å². The maximum absolute atomic E-state index is 11.8. The zero-order valence-corrected chi connectivity index (χ0v) is 9.30. The quantitative estimate of drug-likeness (QED) is 0.876. The van der Waals surface area contributed by atoms with Gasteiger partial charge in [0.1, 0.15) is 12.4 Å². The number of hydrogen-bond acceptors (Lipinski definition) is 3. The Bertz CT molecular complexity index is 474. The second-order valence-corrected chi connectivity index (χ2v) is 4.70. The van der Waals surface area contributed by atoms with Crippen molar-refractivity contribution >= 4 is 10.0 Å². The second-order valence-electron chi connectivity index (χ2n) is 3.17. The number of rotatable bonds is 4. The van der Waals surface area contributed by atoms with Crippen molar-refractivity contribution in [2.45, 2.75) is 18.2 Å². The van der Waals surface area contributed by atoms with Crippen LogP contribution in [0.3, 0.4) is 0 Å². The molecule has 16 heavy (non-hydrogen) atoms. The number of sulfonamides is 1. The van der Waals surface area contributed by atoms with E-state index in [1.807, 2.05) is 0 Å². The van der Waals surface area contributed by atoms with Crippen LogP contribution < -0.4 is 9.88 Å². The van der Waals surface area contributed by atoms with E-state index in [1.54, 1.807) is 0 Å². The molecule has 0 amide bonds. The number of halogens is 2. The van der Waals surface area contributed by atoms with E-state index in [2.05, 4.69) is 0 Å². The minimum Gasteiger partial charge on any atom is -0.488 e. The maximum atomic E-state index is 11.8. The molecule has 0 aliphatic carbocycles. The number of hydrogen-bond donors (Lipinski definition) is 1. The Labute approximate surface area is 92.1 Å². The predicted octanol–water partition coefficient (Wildman–Crippen LogP) is 1.29. The number of ether oxygens (including phenoxy) is 1. The SMILES string of the molecule is Cc1cc(OCC(F)F)ccc1S(N)(=O)=O. The summed E-state index contributed by atoms with van der Waals surface area (Å²) in [5.41, 5.74) is 0.356. The molecular formula is C9H11F2NO3S. The van der Waals surface area contributed by atoms with E-state index in [4.69, 9.17) is 9.88 Å². The molecule has 0 fully saturated rings. The van der Waals surface area contributed by atoms with Gasteiger partial charge in [-0.1, -0.05) is 0 Å². The van der Waals surface area contributed by atoms with Crippen molar-refractivity contribution in [2.75, 3.05) is 6.61 Å². The molecule has 7 heteroatoms. The average molecular weight is 251 g/mol. The van der Waals surface area contributed by atoms with E-state index in [1.165, 1.54) is 25.1 Å². The molecule has 0 saturated heterocycles. The van der Waals surface area contributed by atoms with Gasteiger partial charge >= 0.3 is 0 Å². The lowest BCUT2D eigenvalue weighted by Crippen LogP contribution is -2.14. The molecule has 0 bridgehead atoms. The van der Waals surface area contributed by atoms with Crippen molar-refractivity contribution in [3.8, 4) is 5.75 Å². The van der Waals surface area contributed by atoms with Crippen LogP contribution in [0.5, 0.6) is 5.75 Å². The van der Waals surface area contributed by atoms with Crippen molar-refractivity contribution in [3.63, 3.8) is 0 Å². The summed E-state index contributed by atoms with van der Waals surface area (Å²) in [4.78, 5) is -0.0445. The molecule has 1 aromatic rings.